The summed E-state index contributed by atoms with van der Waals surface area (Å²) >= 11 is 0. The van der Waals surface area contributed by atoms with Gasteiger partial charge in [0, 0.05) is 24.8 Å². The third-order valence-electron chi connectivity index (χ3n) is 3.14. The van der Waals surface area contributed by atoms with E-state index in [-0.39, 0.29) is 0 Å². The van der Waals surface area contributed by atoms with Crippen molar-refractivity contribution in [2.75, 3.05) is 38.6 Å². The maximum atomic E-state index is 11.7. The van der Waals surface area contributed by atoms with Crippen LogP contribution in [0.1, 0.15) is 13.8 Å². The molecule has 6 heteroatoms. The van der Waals surface area contributed by atoms with Crippen LogP contribution in [0, 0.1) is 0 Å². The van der Waals surface area contributed by atoms with Gasteiger partial charge in [-0.2, -0.15) is 0 Å². The highest BCUT2D eigenvalue weighted by atomic mass is 16.5. The van der Waals surface area contributed by atoms with Crippen molar-refractivity contribution in [2.45, 2.75) is 13.8 Å². The average Bonchev–Trinajstić information content (AvgIpc) is 2.51. The number of benzene rings is 1. The van der Waals surface area contributed by atoms with Crippen LogP contribution >= 0.6 is 0 Å². The first-order valence-corrected chi connectivity index (χ1v) is 7.06. The molecule has 0 aromatic heterocycles. The molecular formula is C15H23N3O3. The molecular weight excluding hydrogens is 270 g/mol. The topological polar surface area (TPSA) is 70.7 Å². The third-order valence-corrected chi connectivity index (χ3v) is 3.14. The fourth-order valence-electron chi connectivity index (χ4n) is 1.84. The quantitative estimate of drug-likeness (QED) is 0.738. The second-order valence-electron chi connectivity index (χ2n) is 4.47. The number of nitrogens with one attached hydrogen (secondary N) is 2. The standard InChI is InChI=1S/C15H23N3O3/c1-4-18(5-2)10-9-16-14(19)15(20)17-12-7-6-8-13(11-12)21-3/h6-8,11H,4-5,9-10H2,1-3H3,(H,16,19)(H,17,20). The van der Waals surface area contributed by atoms with E-state index in [4.69, 9.17) is 4.74 Å². The highest BCUT2D eigenvalue weighted by molar-refractivity contribution is 6.39. The average molecular weight is 293 g/mol. The summed E-state index contributed by atoms with van der Waals surface area (Å²) in [6.07, 6.45) is 0. The molecule has 0 aliphatic carbocycles. The van der Waals surface area contributed by atoms with E-state index in [2.05, 4.69) is 29.4 Å². The first-order chi connectivity index (χ1) is 10.1. The minimum absolute atomic E-state index is 0.450. The van der Waals surface area contributed by atoms with Crippen LogP contribution in [0.4, 0.5) is 5.69 Å². The fourth-order valence-corrected chi connectivity index (χ4v) is 1.84. The van der Waals surface area contributed by atoms with Gasteiger partial charge in [0.15, 0.2) is 0 Å². The number of likely N-dealkylation sites (N-methyl/N-ethyl adjacent to an activating group) is 1. The molecule has 0 bridgehead atoms. The van der Waals surface area contributed by atoms with Crippen molar-refractivity contribution < 1.29 is 14.3 Å². The van der Waals surface area contributed by atoms with E-state index in [1.807, 2.05) is 0 Å². The van der Waals surface area contributed by atoms with Gasteiger partial charge in [-0.05, 0) is 25.2 Å². The highest BCUT2D eigenvalue weighted by Gasteiger charge is 2.13. The van der Waals surface area contributed by atoms with E-state index in [0.717, 1.165) is 19.6 Å². The number of amides is 2. The van der Waals surface area contributed by atoms with Crippen molar-refractivity contribution >= 4 is 17.5 Å². The minimum atomic E-state index is -0.678. The molecule has 0 fully saturated rings. The third kappa shape index (κ3) is 5.83. The molecule has 0 saturated heterocycles. The van der Waals surface area contributed by atoms with Crippen molar-refractivity contribution in [3.05, 3.63) is 24.3 Å². The molecule has 21 heavy (non-hydrogen) atoms. The van der Waals surface area contributed by atoms with Gasteiger partial charge in [-0.25, -0.2) is 0 Å². The number of carbonyl (C=O) groups excluding carboxylic acids is 2. The smallest absolute Gasteiger partial charge is 0.313 e. The van der Waals surface area contributed by atoms with Gasteiger partial charge in [0.25, 0.3) is 0 Å². The second kappa shape index (κ2) is 8.97. The molecule has 0 atom stereocenters. The SMILES string of the molecule is CCN(CC)CCNC(=O)C(=O)Nc1cccc(OC)c1. The Hall–Kier alpha value is -2.08. The Bertz CT molecular complexity index is 473. The zero-order valence-corrected chi connectivity index (χ0v) is 12.8. The van der Waals surface area contributed by atoms with Gasteiger partial charge in [0.1, 0.15) is 5.75 Å². The zero-order chi connectivity index (χ0) is 15.7. The number of hydrogen-bond donors (Lipinski definition) is 2. The lowest BCUT2D eigenvalue weighted by molar-refractivity contribution is -0.136. The summed E-state index contributed by atoms with van der Waals surface area (Å²) in [6.45, 7) is 7.13. The number of nitrogens with zero attached hydrogens (tertiary/aromatic N) is 1. The van der Waals surface area contributed by atoms with Crippen LogP contribution < -0.4 is 15.4 Å². The molecule has 6 nitrogen and oxygen atoms in total. The number of hydrogen-bond acceptors (Lipinski definition) is 4. The van der Waals surface area contributed by atoms with E-state index in [1.165, 1.54) is 0 Å². The number of ether oxygens (including phenoxy) is 1. The van der Waals surface area contributed by atoms with E-state index in [0.29, 0.717) is 18.0 Å². The summed E-state index contributed by atoms with van der Waals surface area (Å²) < 4.78 is 5.06. The Kier molecular flexibility index (Phi) is 7.25. The first-order valence-electron chi connectivity index (χ1n) is 7.06. The van der Waals surface area contributed by atoms with Gasteiger partial charge in [0.05, 0.1) is 7.11 Å². The molecule has 1 rings (SSSR count). The van der Waals surface area contributed by atoms with Crippen molar-refractivity contribution in [1.82, 2.24) is 10.2 Å². The molecule has 0 aliphatic heterocycles. The molecule has 0 spiro atoms. The molecule has 0 unspecified atom stereocenters. The molecule has 1 aromatic rings. The summed E-state index contributed by atoms with van der Waals surface area (Å²) in [5.74, 6) is -0.692. The molecule has 1 aromatic carbocycles. The van der Waals surface area contributed by atoms with Gasteiger partial charge in [-0.15, -0.1) is 0 Å². The first kappa shape index (κ1) is 17.0. The lowest BCUT2D eigenvalue weighted by atomic mass is 10.3. The van der Waals surface area contributed by atoms with Gasteiger partial charge >= 0.3 is 11.8 Å². The Balaban J connectivity index is 2.42. The maximum absolute atomic E-state index is 11.7. The number of carbonyl (C=O) groups is 2. The van der Waals surface area contributed by atoms with E-state index in [1.54, 1.807) is 31.4 Å². The normalized spacial score (nSPS) is 10.3. The summed E-state index contributed by atoms with van der Waals surface area (Å²) in [5, 5.41) is 5.14. The Labute approximate surface area is 125 Å². The molecule has 116 valence electrons. The van der Waals surface area contributed by atoms with Gasteiger partial charge < -0.3 is 20.3 Å². The second-order valence-corrected chi connectivity index (χ2v) is 4.47. The van der Waals surface area contributed by atoms with Crippen LogP contribution in [0.3, 0.4) is 0 Å². The largest absolute Gasteiger partial charge is 0.497 e. The minimum Gasteiger partial charge on any atom is -0.497 e. The summed E-state index contributed by atoms with van der Waals surface area (Å²) in [7, 11) is 1.54. The van der Waals surface area contributed by atoms with Crippen molar-refractivity contribution in [3.63, 3.8) is 0 Å². The zero-order valence-electron chi connectivity index (χ0n) is 12.8. The highest BCUT2D eigenvalue weighted by Crippen LogP contribution is 2.16. The predicted molar refractivity (Wildman–Crippen MR) is 82.4 cm³/mol. The Morgan fingerprint density at radius 1 is 1.19 bits per heavy atom. The molecule has 2 N–H and O–H groups in total. The maximum Gasteiger partial charge on any atom is 0.313 e. The van der Waals surface area contributed by atoms with Crippen LogP contribution in [0.2, 0.25) is 0 Å². The summed E-state index contributed by atoms with van der Waals surface area (Å²) in [6, 6.07) is 6.86. The molecule has 0 heterocycles. The number of anilines is 1. The summed E-state index contributed by atoms with van der Waals surface area (Å²) in [4.78, 5) is 25.6. The van der Waals surface area contributed by atoms with Crippen LogP contribution in [0.25, 0.3) is 0 Å². The Morgan fingerprint density at radius 3 is 2.52 bits per heavy atom. The molecule has 0 saturated carbocycles. The van der Waals surface area contributed by atoms with Gasteiger partial charge in [-0.3, -0.25) is 9.59 Å². The van der Waals surface area contributed by atoms with Crippen LogP contribution in [0.15, 0.2) is 24.3 Å². The fraction of sp³-hybridized carbons (Fsp3) is 0.467. The van der Waals surface area contributed by atoms with Crippen molar-refractivity contribution in [3.8, 4) is 5.75 Å². The monoisotopic (exact) mass is 293 g/mol. The van der Waals surface area contributed by atoms with E-state index in [9.17, 15) is 9.59 Å². The van der Waals surface area contributed by atoms with E-state index >= 15 is 0 Å². The molecule has 2 amide bonds. The number of rotatable bonds is 7. The lowest BCUT2D eigenvalue weighted by Crippen LogP contribution is -2.40. The van der Waals surface area contributed by atoms with Crippen LogP contribution in [0.5, 0.6) is 5.75 Å². The van der Waals surface area contributed by atoms with Crippen molar-refractivity contribution in [1.29, 1.82) is 0 Å². The number of methoxy groups -OCH3 is 1. The predicted octanol–water partition coefficient (Wildman–Crippen LogP) is 1.09. The van der Waals surface area contributed by atoms with Crippen LogP contribution in [-0.2, 0) is 9.59 Å². The summed E-state index contributed by atoms with van der Waals surface area (Å²) in [5.41, 5.74) is 0.526. The van der Waals surface area contributed by atoms with Crippen LogP contribution in [-0.4, -0.2) is 50.0 Å². The Morgan fingerprint density at radius 2 is 1.90 bits per heavy atom. The molecule has 0 radical (unpaired) electrons. The van der Waals surface area contributed by atoms with Crippen molar-refractivity contribution in [2.24, 2.45) is 0 Å². The van der Waals surface area contributed by atoms with Gasteiger partial charge in [0.2, 0.25) is 0 Å². The lowest BCUT2D eigenvalue weighted by Gasteiger charge is -2.17. The van der Waals surface area contributed by atoms with Gasteiger partial charge in [-0.1, -0.05) is 19.9 Å². The molecule has 0 aliphatic rings. The van der Waals surface area contributed by atoms with E-state index < -0.39 is 11.8 Å².